The third-order valence-corrected chi connectivity index (χ3v) is 3.87. The van der Waals surface area contributed by atoms with Gasteiger partial charge in [0.25, 0.3) is 5.91 Å². The van der Waals surface area contributed by atoms with Crippen molar-refractivity contribution in [1.82, 2.24) is 5.32 Å². The normalized spacial score (nSPS) is 12.6. The lowest BCUT2D eigenvalue weighted by Crippen LogP contribution is -2.36. The number of halogens is 1. The molecule has 0 bridgehead atoms. The SMILES string of the molecule is CCC(CO)NC(=O)c1cc2cc(F)ccc2s1. The summed E-state index contributed by atoms with van der Waals surface area (Å²) in [6, 6.07) is 5.88. The summed E-state index contributed by atoms with van der Waals surface area (Å²) in [5.74, 6) is -0.536. The molecule has 2 N–H and O–H groups in total. The van der Waals surface area contributed by atoms with Crippen LogP contribution in [-0.2, 0) is 0 Å². The molecule has 2 rings (SSSR count). The summed E-state index contributed by atoms with van der Waals surface area (Å²) in [5.41, 5.74) is 0. The second-order valence-corrected chi connectivity index (χ2v) is 5.14. The highest BCUT2D eigenvalue weighted by Gasteiger charge is 2.14. The molecule has 0 aliphatic heterocycles. The highest BCUT2D eigenvalue weighted by molar-refractivity contribution is 7.20. The van der Waals surface area contributed by atoms with Crippen molar-refractivity contribution in [2.75, 3.05) is 6.61 Å². The average molecular weight is 267 g/mol. The van der Waals surface area contributed by atoms with Crippen LogP contribution in [0.2, 0.25) is 0 Å². The fourth-order valence-electron chi connectivity index (χ4n) is 1.66. The number of rotatable bonds is 4. The van der Waals surface area contributed by atoms with E-state index < -0.39 is 0 Å². The molecular weight excluding hydrogens is 253 g/mol. The predicted molar refractivity (Wildman–Crippen MR) is 70.4 cm³/mol. The van der Waals surface area contributed by atoms with Crippen LogP contribution in [0.5, 0.6) is 0 Å². The molecule has 0 saturated heterocycles. The highest BCUT2D eigenvalue weighted by atomic mass is 32.1. The van der Waals surface area contributed by atoms with Crippen molar-refractivity contribution in [3.05, 3.63) is 35.0 Å². The van der Waals surface area contributed by atoms with Gasteiger partial charge >= 0.3 is 0 Å². The van der Waals surface area contributed by atoms with E-state index in [1.807, 2.05) is 6.92 Å². The molecule has 0 aliphatic carbocycles. The van der Waals surface area contributed by atoms with E-state index in [1.54, 1.807) is 12.1 Å². The first-order valence-electron chi connectivity index (χ1n) is 5.75. The van der Waals surface area contributed by atoms with Crippen LogP contribution in [-0.4, -0.2) is 23.7 Å². The van der Waals surface area contributed by atoms with Gasteiger partial charge in [-0.2, -0.15) is 0 Å². The first-order chi connectivity index (χ1) is 8.63. The van der Waals surface area contributed by atoms with Crippen molar-refractivity contribution < 1.29 is 14.3 Å². The Balaban J connectivity index is 2.23. The molecule has 0 radical (unpaired) electrons. The number of benzene rings is 1. The number of aliphatic hydroxyl groups is 1. The molecule has 5 heteroatoms. The smallest absolute Gasteiger partial charge is 0.261 e. The summed E-state index contributed by atoms with van der Waals surface area (Å²) in [6.07, 6.45) is 0.668. The van der Waals surface area contributed by atoms with Crippen molar-refractivity contribution in [2.24, 2.45) is 0 Å². The van der Waals surface area contributed by atoms with Gasteiger partial charge in [0.2, 0.25) is 0 Å². The van der Waals surface area contributed by atoms with E-state index in [0.29, 0.717) is 11.3 Å². The van der Waals surface area contributed by atoms with Crippen molar-refractivity contribution >= 4 is 27.3 Å². The lowest BCUT2D eigenvalue weighted by Gasteiger charge is -2.12. The molecule has 18 heavy (non-hydrogen) atoms. The van der Waals surface area contributed by atoms with Gasteiger partial charge in [-0.1, -0.05) is 6.92 Å². The lowest BCUT2D eigenvalue weighted by molar-refractivity contribution is 0.0919. The van der Waals surface area contributed by atoms with Gasteiger partial charge in [0, 0.05) is 4.70 Å². The van der Waals surface area contributed by atoms with Crippen molar-refractivity contribution in [1.29, 1.82) is 0 Å². The van der Waals surface area contributed by atoms with E-state index in [4.69, 9.17) is 5.11 Å². The zero-order valence-electron chi connectivity index (χ0n) is 9.94. The van der Waals surface area contributed by atoms with Crippen LogP contribution in [0.1, 0.15) is 23.0 Å². The number of aliphatic hydroxyl groups excluding tert-OH is 1. The van der Waals surface area contributed by atoms with Crippen LogP contribution < -0.4 is 5.32 Å². The molecule has 1 aromatic heterocycles. The number of fused-ring (bicyclic) bond motifs is 1. The standard InChI is InChI=1S/C13H14FNO2S/c1-2-10(7-16)15-13(17)12-6-8-5-9(14)3-4-11(8)18-12/h3-6,10,16H,2,7H2,1H3,(H,15,17). The molecule has 96 valence electrons. The predicted octanol–water partition coefficient (Wildman–Crippen LogP) is 2.54. The molecule has 1 amide bonds. The quantitative estimate of drug-likeness (QED) is 0.894. The van der Waals surface area contributed by atoms with Gasteiger partial charge in [-0.15, -0.1) is 11.3 Å². The van der Waals surface area contributed by atoms with E-state index in [-0.39, 0.29) is 24.4 Å². The number of carbonyl (C=O) groups is 1. The Hall–Kier alpha value is -1.46. The van der Waals surface area contributed by atoms with E-state index in [2.05, 4.69) is 5.32 Å². The molecule has 1 unspecified atom stereocenters. The Morgan fingerprint density at radius 2 is 2.28 bits per heavy atom. The molecule has 0 spiro atoms. The van der Waals surface area contributed by atoms with E-state index in [1.165, 1.54) is 23.5 Å². The maximum Gasteiger partial charge on any atom is 0.261 e. The van der Waals surface area contributed by atoms with Crippen LogP contribution in [0.25, 0.3) is 10.1 Å². The third-order valence-electron chi connectivity index (χ3n) is 2.75. The Bertz CT molecular complexity index is 563. The molecule has 2 aromatic rings. The molecular formula is C13H14FNO2S. The first-order valence-corrected chi connectivity index (χ1v) is 6.56. The van der Waals surface area contributed by atoms with Gasteiger partial charge in [0.1, 0.15) is 5.82 Å². The summed E-state index contributed by atoms with van der Waals surface area (Å²) in [5, 5.41) is 12.5. The lowest BCUT2D eigenvalue weighted by atomic mass is 10.2. The number of hydrogen-bond donors (Lipinski definition) is 2. The van der Waals surface area contributed by atoms with Crippen LogP contribution in [0, 0.1) is 5.82 Å². The van der Waals surface area contributed by atoms with Gasteiger partial charge in [0.05, 0.1) is 17.5 Å². The zero-order valence-corrected chi connectivity index (χ0v) is 10.8. The summed E-state index contributed by atoms with van der Waals surface area (Å²) in [6.45, 7) is 1.81. The molecule has 3 nitrogen and oxygen atoms in total. The first kappa shape index (κ1) is 13.0. The minimum absolute atomic E-state index is 0.0816. The molecule has 0 fully saturated rings. The zero-order chi connectivity index (χ0) is 13.1. The number of thiophene rings is 1. The van der Waals surface area contributed by atoms with Gasteiger partial charge < -0.3 is 10.4 Å². The van der Waals surface area contributed by atoms with Crippen LogP contribution >= 0.6 is 11.3 Å². The molecule has 1 aromatic carbocycles. The highest BCUT2D eigenvalue weighted by Crippen LogP contribution is 2.26. The molecule has 0 aliphatic rings. The maximum absolute atomic E-state index is 13.0. The Morgan fingerprint density at radius 3 is 2.94 bits per heavy atom. The van der Waals surface area contributed by atoms with Crippen molar-refractivity contribution in [2.45, 2.75) is 19.4 Å². The van der Waals surface area contributed by atoms with Gasteiger partial charge in [0.15, 0.2) is 0 Å². The Labute approximate surface area is 108 Å². The van der Waals surface area contributed by atoms with Crippen LogP contribution in [0.3, 0.4) is 0 Å². The number of hydrogen-bond acceptors (Lipinski definition) is 3. The Kier molecular flexibility index (Phi) is 3.93. The summed E-state index contributed by atoms with van der Waals surface area (Å²) in [7, 11) is 0. The molecule has 1 atom stereocenters. The summed E-state index contributed by atoms with van der Waals surface area (Å²) >= 11 is 1.32. The number of carbonyl (C=O) groups excluding carboxylic acids is 1. The van der Waals surface area contributed by atoms with Crippen molar-refractivity contribution in [3.8, 4) is 0 Å². The van der Waals surface area contributed by atoms with E-state index in [9.17, 15) is 9.18 Å². The second kappa shape index (κ2) is 5.46. The monoisotopic (exact) mass is 267 g/mol. The summed E-state index contributed by atoms with van der Waals surface area (Å²) < 4.78 is 13.9. The Morgan fingerprint density at radius 1 is 1.50 bits per heavy atom. The minimum atomic E-state index is -0.311. The molecule has 0 saturated carbocycles. The number of amides is 1. The maximum atomic E-state index is 13.0. The second-order valence-electron chi connectivity index (χ2n) is 4.05. The molecule has 1 heterocycles. The average Bonchev–Trinajstić information content (AvgIpc) is 2.78. The fraction of sp³-hybridized carbons (Fsp3) is 0.308. The van der Waals surface area contributed by atoms with E-state index >= 15 is 0 Å². The fourth-order valence-corrected chi connectivity index (χ4v) is 2.61. The topological polar surface area (TPSA) is 49.3 Å². The minimum Gasteiger partial charge on any atom is -0.394 e. The van der Waals surface area contributed by atoms with Gasteiger partial charge in [-0.05, 0) is 36.1 Å². The van der Waals surface area contributed by atoms with Crippen LogP contribution in [0.4, 0.5) is 4.39 Å². The van der Waals surface area contributed by atoms with Gasteiger partial charge in [-0.25, -0.2) is 4.39 Å². The van der Waals surface area contributed by atoms with Crippen molar-refractivity contribution in [3.63, 3.8) is 0 Å². The number of nitrogens with one attached hydrogen (secondary N) is 1. The van der Waals surface area contributed by atoms with Gasteiger partial charge in [-0.3, -0.25) is 4.79 Å². The summed E-state index contributed by atoms with van der Waals surface area (Å²) in [4.78, 5) is 12.5. The van der Waals surface area contributed by atoms with Crippen LogP contribution in [0.15, 0.2) is 24.3 Å². The van der Waals surface area contributed by atoms with E-state index in [0.717, 1.165) is 10.1 Å². The largest absolute Gasteiger partial charge is 0.394 e. The third kappa shape index (κ3) is 2.68.